The molecule has 0 fully saturated rings. The van der Waals surface area contributed by atoms with E-state index >= 15 is 0 Å². The van der Waals surface area contributed by atoms with Crippen LogP contribution in [0.2, 0.25) is 0 Å². The van der Waals surface area contributed by atoms with E-state index in [4.69, 9.17) is 0 Å². The van der Waals surface area contributed by atoms with Crippen LogP contribution in [0.3, 0.4) is 0 Å². The number of halogens is 1. The van der Waals surface area contributed by atoms with Gasteiger partial charge in [-0.1, -0.05) is 0 Å². The molecule has 0 aromatic heterocycles. The third-order valence-electron chi connectivity index (χ3n) is 1.63. The summed E-state index contributed by atoms with van der Waals surface area (Å²) < 4.78 is 1.57. The quantitative estimate of drug-likeness (QED) is 0.634. The Morgan fingerprint density at radius 2 is 2.31 bits per heavy atom. The Balaban J connectivity index is 2.85. The predicted molar refractivity (Wildman–Crippen MR) is 54.3 cm³/mol. The van der Waals surface area contributed by atoms with Gasteiger partial charge < -0.3 is 0 Å². The molecule has 0 aliphatic carbocycles. The fourth-order valence-corrected chi connectivity index (χ4v) is 1.48. The molecule has 2 aliphatic rings. The summed E-state index contributed by atoms with van der Waals surface area (Å²) >= 11 is 1.95. The number of aromatic amines is 1. The minimum absolute atomic E-state index is 0.0618. The highest BCUT2D eigenvalue weighted by Gasteiger charge is 2.17. The normalized spacial score (nSPS) is 10.5. The van der Waals surface area contributed by atoms with Gasteiger partial charge in [-0.15, -0.1) is 4.91 Å². The van der Waals surface area contributed by atoms with Crippen LogP contribution in [0.5, 0.6) is 0 Å². The van der Waals surface area contributed by atoms with Crippen molar-refractivity contribution < 1.29 is 0 Å². The summed E-state index contributed by atoms with van der Waals surface area (Å²) in [6.07, 6.45) is 3.08. The highest BCUT2D eigenvalue weighted by atomic mass is 127. The number of nitrogens with zero attached hydrogens (tertiary/aromatic N) is 3. The molecule has 7 heteroatoms. The number of H-pyrrole nitrogens is 1. The molecule has 2 heterocycles. The van der Waals surface area contributed by atoms with E-state index in [1.54, 1.807) is 9.09 Å². The molecular weight excluding hydrogens is 287 g/mol. The van der Waals surface area contributed by atoms with E-state index in [1.807, 2.05) is 22.9 Å². The van der Waals surface area contributed by atoms with E-state index in [1.165, 1.54) is 6.20 Å². The monoisotopic (exact) mass is 290 g/mol. The Labute approximate surface area is 85.8 Å². The van der Waals surface area contributed by atoms with E-state index in [0.29, 0.717) is 11.1 Å². The predicted octanol–water partition coefficient (Wildman–Crippen LogP) is 1.27. The van der Waals surface area contributed by atoms with Crippen LogP contribution < -0.4 is 5.56 Å². The molecule has 2 aliphatic heterocycles. The van der Waals surface area contributed by atoms with Crippen LogP contribution in [0.25, 0.3) is 11.1 Å². The van der Waals surface area contributed by atoms with Gasteiger partial charge in [0.1, 0.15) is 0 Å². The SMILES string of the molecule is O=Nc1nc(=O)c2cn(I)[nH]cc1-2. The largest absolute Gasteiger partial charge is 0.297 e. The number of aromatic nitrogens is 3. The topological polar surface area (TPSA) is 80.1 Å². The van der Waals surface area contributed by atoms with Crippen LogP contribution in [0.4, 0.5) is 5.82 Å². The molecular formula is C6H3IN4O2. The Morgan fingerprint density at radius 3 is 3.00 bits per heavy atom. The van der Waals surface area contributed by atoms with Crippen molar-refractivity contribution in [3.63, 3.8) is 0 Å². The lowest BCUT2D eigenvalue weighted by Gasteiger charge is -1.99. The molecule has 6 nitrogen and oxygen atoms in total. The lowest BCUT2D eigenvalue weighted by atomic mass is 10.2. The van der Waals surface area contributed by atoms with Crippen molar-refractivity contribution in [3.8, 4) is 11.1 Å². The molecule has 0 aromatic rings. The standard InChI is InChI=1S/C6H3IN4O2/c7-11-2-4-3(1-8-11)5(10-13)9-6(4)12/h1-2,8H. The highest BCUT2D eigenvalue weighted by molar-refractivity contribution is 14.1. The second kappa shape index (κ2) is 2.91. The maximum absolute atomic E-state index is 11.2. The summed E-state index contributed by atoms with van der Waals surface area (Å²) in [6, 6.07) is 0. The van der Waals surface area contributed by atoms with Crippen molar-refractivity contribution in [1.29, 1.82) is 0 Å². The maximum atomic E-state index is 11.2. The average molecular weight is 290 g/mol. The van der Waals surface area contributed by atoms with Gasteiger partial charge in [0.2, 0.25) is 5.82 Å². The molecule has 0 amide bonds. The van der Waals surface area contributed by atoms with Gasteiger partial charge in [0, 0.05) is 12.4 Å². The number of nitroso groups, excluding NO2 is 1. The lowest BCUT2D eigenvalue weighted by molar-refractivity contribution is 1.00. The van der Waals surface area contributed by atoms with Crippen LogP contribution in [-0.2, 0) is 0 Å². The van der Waals surface area contributed by atoms with Gasteiger partial charge in [0.25, 0.3) is 5.56 Å². The second-order valence-electron chi connectivity index (χ2n) is 2.37. The summed E-state index contributed by atoms with van der Waals surface area (Å²) in [7, 11) is 0. The van der Waals surface area contributed by atoms with Gasteiger partial charge in [0.15, 0.2) is 0 Å². The minimum atomic E-state index is -0.427. The summed E-state index contributed by atoms with van der Waals surface area (Å²) in [5, 5.41) is 5.44. The first-order chi connectivity index (χ1) is 6.22. The van der Waals surface area contributed by atoms with E-state index in [2.05, 4.69) is 15.3 Å². The van der Waals surface area contributed by atoms with Crippen LogP contribution in [-0.4, -0.2) is 13.0 Å². The summed E-state index contributed by atoms with van der Waals surface area (Å²) in [6.45, 7) is 0. The van der Waals surface area contributed by atoms with Crippen molar-refractivity contribution in [3.05, 3.63) is 27.7 Å². The zero-order valence-electron chi connectivity index (χ0n) is 6.19. The summed E-state index contributed by atoms with van der Waals surface area (Å²) in [5.41, 5.74) is 0.416. The second-order valence-corrected chi connectivity index (χ2v) is 3.41. The van der Waals surface area contributed by atoms with Gasteiger partial charge in [-0.05, 0) is 5.18 Å². The van der Waals surface area contributed by atoms with E-state index in [9.17, 15) is 9.70 Å². The van der Waals surface area contributed by atoms with E-state index in [0.717, 1.165) is 0 Å². The smallest absolute Gasteiger partial charge is 0.281 e. The van der Waals surface area contributed by atoms with Gasteiger partial charge in [-0.3, -0.25) is 9.89 Å². The fraction of sp³-hybridized carbons (Fsp3) is 0. The Kier molecular flexibility index (Phi) is 1.87. The third kappa shape index (κ3) is 1.24. The van der Waals surface area contributed by atoms with Gasteiger partial charge >= 0.3 is 0 Å². The fourth-order valence-electron chi connectivity index (χ4n) is 1.07. The molecule has 66 valence electrons. The molecule has 0 bridgehead atoms. The van der Waals surface area contributed by atoms with Crippen molar-refractivity contribution in [2.45, 2.75) is 0 Å². The number of fused-ring (bicyclic) bond motifs is 1. The molecule has 0 saturated heterocycles. The molecule has 0 radical (unpaired) electrons. The van der Waals surface area contributed by atoms with Crippen LogP contribution in [0, 0.1) is 4.91 Å². The summed E-state index contributed by atoms with van der Waals surface area (Å²) in [5.74, 6) is -0.0618. The van der Waals surface area contributed by atoms with Gasteiger partial charge in [0.05, 0.1) is 34.0 Å². The molecule has 0 spiro atoms. The van der Waals surface area contributed by atoms with Crippen LogP contribution in [0.1, 0.15) is 0 Å². The summed E-state index contributed by atoms with van der Waals surface area (Å²) in [4.78, 5) is 24.9. The highest BCUT2D eigenvalue weighted by Crippen LogP contribution is 2.26. The number of hydrogen-bond donors (Lipinski definition) is 1. The Bertz CT molecular complexity index is 488. The molecule has 0 atom stereocenters. The van der Waals surface area contributed by atoms with Gasteiger partial charge in [-0.2, -0.15) is 4.98 Å². The minimum Gasteiger partial charge on any atom is -0.297 e. The van der Waals surface area contributed by atoms with E-state index in [-0.39, 0.29) is 5.82 Å². The molecule has 0 aromatic carbocycles. The zero-order chi connectivity index (χ0) is 9.42. The molecule has 2 rings (SSSR count). The number of hydrogen-bond acceptors (Lipinski definition) is 4. The van der Waals surface area contributed by atoms with E-state index < -0.39 is 5.56 Å². The first-order valence-electron chi connectivity index (χ1n) is 3.32. The molecule has 1 N–H and O–H groups in total. The first-order valence-corrected chi connectivity index (χ1v) is 4.29. The van der Waals surface area contributed by atoms with Gasteiger partial charge in [-0.25, -0.2) is 2.90 Å². The first kappa shape index (κ1) is 8.35. The lowest BCUT2D eigenvalue weighted by Crippen LogP contribution is -2.02. The molecule has 13 heavy (non-hydrogen) atoms. The van der Waals surface area contributed by atoms with Crippen LogP contribution in [0.15, 0.2) is 22.4 Å². The van der Waals surface area contributed by atoms with Crippen molar-refractivity contribution in [2.75, 3.05) is 0 Å². The Morgan fingerprint density at radius 1 is 1.54 bits per heavy atom. The maximum Gasteiger partial charge on any atom is 0.281 e. The molecule has 0 unspecified atom stereocenters. The molecule has 0 saturated carbocycles. The number of nitrogens with one attached hydrogen (secondary N) is 1. The zero-order valence-corrected chi connectivity index (χ0v) is 8.35. The Hall–Kier alpha value is -1.25. The number of rotatable bonds is 1. The third-order valence-corrected chi connectivity index (χ3v) is 2.19. The van der Waals surface area contributed by atoms with Crippen LogP contribution >= 0.6 is 22.9 Å². The van der Waals surface area contributed by atoms with Crippen molar-refractivity contribution in [2.24, 2.45) is 5.18 Å². The van der Waals surface area contributed by atoms with Crippen molar-refractivity contribution >= 4 is 28.7 Å². The van der Waals surface area contributed by atoms with Crippen molar-refractivity contribution in [1.82, 2.24) is 13.0 Å². The average Bonchev–Trinajstić information content (AvgIpc) is 2.43.